The molecule has 1 aromatic heterocycles. The van der Waals surface area contributed by atoms with Crippen LogP contribution in [0.3, 0.4) is 0 Å². The number of fused-ring (bicyclic) bond motifs is 1. The number of rotatable bonds is 16. The van der Waals surface area contributed by atoms with Crippen molar-refractivity contribution in [2.45, 2.75) is 70.6 Å². The van der Waals surface area contributed by atoms with Crippen LogP contribution in [0, 0.1) is 0 Å². The van der Waals surface area contributed by atoms with Crippen LogP contribution in [-0.4, -0.2) is 31.5 Å². The predicted molar refractivity (Wildman–Crippen MR) is 147 cm³/mol. The fraction of sp³-hybridized carbons (Fsp3) is 0.433. The first-order valence-electron chi connectivity index (χ1n) is 13.2. The monoisotopic (exact) mass is 584 g/mol. The average Bonchev–Trinajstić information content (AvgIpc) is 3.31. The van der Waals surface area contributed by atoms with Gasteiger partial charge in [-0.15, -0.1) is 24.5 Å². The fourth-order valence-electron chi connectivity index (χ4n) is 4.16. The van der Waals surface area contributed by atoms with Crippen LogP contribution in [0.2, 0.25) is 0 Å². The van der Waals surface area contributed by atoms with E-state index in [1.807, 2.05) is 6.07 Å². The zero-order valence-electron chi connectivity index (χ0n) is 22.3. The summed E-state index contributed by atoms with van der Waals surface area (Å²) in [4.78, 5) is 11.6. The zero-order chi connectivity index (χ0) is 29.2. The fourth-order valence-corrected chi connectivity index (χ4v) is 5.28. The van der Waals surface area contributed by atoms with E-state index in [-0.39, 0.29) is 38.2 Å². The minimum absolute atomic E-state index is 0.0438. The molecule has 2 aromatic carbocycles. The lowest BCUT2D eigenvalue weighted by molar-refractivity contribution is -0.274. The van der Waals surface area contributed by atoms with Gasteiger partial charge < -0.3 is 14.2 Å². The lowest BCUT2D eigenvalue weighted by Crippen LogP contribution is -2.18. The van der Waals surface area contributed by atoms with Crippen LogP contribution >= 0.6 is 11.3 Å². The van der Waals surface area contributed by atoms with E-state index in [0.717, 1.165) is 41.0 Å². The Bertz CT molecular complexity index is 1270. The summed E-state index contributed by atoms with van der Waals surface area (Å²) in [5.74, 6) is -3.29. The number of esters is 1. The zero-order valence-corrected chi connectivity index (χ0v) is 23.1. The van der Waals surface area contributed by atoms with Crippen molar-refractivity contribution >= 4 is 27.4 Å². The molecule has 0 radical (unpaired) electrons. The van der Waals surface area contributed by atoms with Gasteiger partial charge in [0.15, 0.2) is 0 Å². The normalized spacial score (nSPS) is 11.9. The van der Waals surface area contributed by atoms with Crippen molar-refractivity contribution in [2.24, 2.45) is 0 Å². The second-order valence-corrected chi connectivity index (χ2v) is 10.5. The standard InChI is InChI=1S/C30H33F5O4S/c1-3-5-6-9-21-10-13-24(25(18-21)39-30(33,34)35)27-19-22-11-12-23(20-26(22)40-27)37-16-7-14-29(31,32)15-8-17-38-28(36)4-2/h4,10-13,18-20H,2-3,5-9,14-17H2,1H3. The first kappa shape index (κ1) is 31.4. The van der Waals surface area contributed by atoms with Gasteiger partial charge in [0.1, 0.15) is 11.5 Å². The highest BCUT2D eigenvalue weighted by Crippen LogP contribution is 2.41. The van der Waals surface area contributed by atoms with E-state index in [9.17, 15) is 26.7 Å². The first-order valence-corrected chi connectivity index (χ1v) is 14.0. The minimum atomic E-state index is -4.82. The molecule has 3 rings (SSSR count). The molecule has 0 amide bonds. The predicted octanol–water partition coefficient (Wildman–Crippen LogP) is 9.50. The number of ether oxygens (including phenoxy) is 3. The molecule has 0 saturated heterocycles. The van der Waals surface area contributed by atoms with Crippen molar-refractivity contribution < 1.29 is 41.0 Å². The molecule has 0 N–H and O–H groups in total. The van der Waals surface area contributed by atoms with Crippen LogP contribution in [0.5, 0.6) is 11.5 Å². The van der Waals surface area contributed by atoms with Crippen molar-refractivity contribution in [3.8, 4) is 21.9 Å². The molecule has 0 aliphatic carbocycles. The van der Waals surface area contributed by atoms with E-state index in [4.69, 9.17) is 9.47 Å². The summed E-state index contributed by atoms with van der Waals surface area (Å²) < 4.78 is 83.2. The third kappa shape index (κ3) is 10.1. The molecule has 0 aliphatic rings. The number of benzene rings is 2. The molecule has 0 spiro atoms. The number of thiophene rings is 1. The van der Waals surface area contributed by atoms with E-state index in [1.54, 1.807) is 30.3 Å². The molecule has 3 aromatic rings. The van der Waals surface area contributed by atoms with Crippen LogP contribution in [0.25, 0.3) is 20.5 Å². The Labute approximate surface area is 234 Å². The van der Waals surface area contributed by atoms with Crippen LogP contribution in [0.1, 0.15) is 57.4 Å². The number of hydrogen-bond acceptors (Lipinski definition) is 5. The Hall–Kier alpha value is -3.14. The summed E-state index contributed by atoms with van der Waals surface area (Å²) >= 11 is 1.30. The average molecular weight is 585 g/mol. The summed E-state index contributed by atoms with van der Waals surface area (Å²) in [6.45, 7) is 5.30. The highest BCUT2D eigenvalue weighted by molar-refractivity contribution is 7.22. The van der Waals surface area contributed by atoms with Crippen molar-refractivity contribution in [3.05, 3.63) is 60.7 Å². The van der Waals surface area contributed by atoms with Gasteiger partial charge in [0.2, 0.25) is 5.92 Å². The van der Waals surface area contributed by atoms with Gasteiger partial charge in [0, 0.05) is 34.1 Å². The molecule has 0 saturated carbocycles. The Morgan fingerprint density at radius 2 is 1.70 bits per heavy atom. The van der Waals surface area contributed by atoms with E-state index >= 15 is 0 Å². The molecule has 4 nitrogen and oxygen atoms in total. The molecule has 0 fully saturated rings. The van der Waals surface area contributed by atoms with E-state index < -0.39 is 24.7 Å². The van der Waals surface area contributed by atoms with Crippen LogP contribution < -0.4 is 9.47 Å². The molecule has 10 heteroatoms. The molecular formula is C30H33F5O4S. The molecule has 40 heavy (non-hydrogen) atoms. The largest absolute Gasteiger partial charge is 0.573 e. The smallest absolute Gasteiger partial charge is 0.494 e. The minimum Gasteiger partial charge on any atom is -0.494 e. The number of aryl methyl sites for hydroxylation is 1. The van der Waals surface area contributed by atoms with E-state index in [2.05, 4.69) is 18.2 Å². The Balaban J connectivity index is 1.62. The van der Waals surface area contributed by atoms with Crippen LogP contribution in [0.4, 0.5) is 22.0 Å². The highest BCUT2D eigenvalue weighted by Gasteiger charge is 2.32. The third-order valence-corrected chi connectivity index (χ3v) is 7.28. The number of halogens is 5. The van der Waals surface area contributed by atoms with Gasteiger partial charge >= 0.3 is 12.3 Å². The number of hydrogen-bond donors (Lipinski definition) is 0. The number of carbonyl (C=O) groups is 1. The molecular weight excluding hydrogens is 551 g/mol. The first-order chi connectivity index (χ1) is 19.0. The molecule has 0 atom stereocenters. The molecule has 0 bridgehead atoms. The van der Waals surface area contributed by atoms with Crippen LogP contribution in [0.15, 0.2) is 55.1 Å². The number of carbonyl (C=O) groups excluding carboxylic acids is 1. The molecule has 0 aliphatic heterocycles. The molecule has 0 unspecified atom stereocenters. The van der Waals surface area contributed by atoms with Crippen molar-refractivity contribution in [2.75, 3.05) is 13.2 Å². The van der Waals surface area contributed by atoms with Gasteiger partial charge in [-0.05, 0) is 73.0 Å². The SMILES string of the molecule is C=CC(=O)OCCCC(F)(F)CCCOc1ccc2cc(-c3ccc(CCCCC)cc3OC(F)(F)F)sc2c1. The van der Waals surface area contributed by atoms with Gasteiger partial charge in [-0.3, -0.25) is 0 Å². The summed E-state index contributed by atoms with van der Waals surface area (Å²) in [7, 11) is 0. The maximum atomic E-state index is 14.1. The van der Waals surface area contributed by atoms with E-state index in [1.165, 1.54) is 17.4 Å². The van der Waals surface area contributed by atoms with Gasteiger partial charge in [-0.2, -0.15) is 0 Å². The van der Waals surface area contributed by atoms with Crippen molar-refractivity contribution in [3.63, 3.8) is 0 Å². The van der Waals surface area contributed by atoms with Gasteiger partial charge in [-0.25, -0.2) is 13.6 Å². The Kier molecular flexibility index (Phi) is 11.4. The Morgan fingerprint density at radius 3 is 2.40 bits per heavy atom. The quantitative estimate of drug-likeness (QED) is 0.0728. The second kappa shape index (κ2) is 14.5. The maximum absolute atomic E-state index is 14.1. The van der Waals surface area contributed by atoms with Gasteiger partial charge in [-0.1, -0.05) is 32.4 Å². The summed E-state index contributed by atoms with van der Waals surface area (Å²) in [5, 5.41) is 0.820. The lowest BCUT2D eigenvalue weighted by Gasteiger charge is -2.16. The molecule has 1 heterocycles. The van der Waals surface area contributed by atoms with Gasteiger partial charge in [0.25, 0.3) is 0 Å². The van der Waals surface area contributed by atoms with Gasteiger partial charge in [0.05, 0.1) is 13.2 Å². The molecule has 218 valence electrons. The maximum Gasteiger partial charge on any atom is 0.573 e. The van der Waals surface area contributed by atoms with Crippen molar-refractivity contribution in [1.82, 2.24) is 0 Å². The lowest BCUT2D eigenvalue weighted by atomic mass is 10.0. The summed E-state index contributed by atoms with van der Waals surface area (Å²) in [6.07, 6.45) is -0.872. The third-order valence-electron chi connectivity index (χ3n) is 6.15. The highest BCUT2D eigenvalue weighted by atomic mass is 32.1. The topological polar surface area (TPSA) is 44.8 Å². The summed E-state index contributed by atoms with van der Waals surface area (Å²) in [5.41, 5.74) is 1.14. The number of unbranched alkanes of at least 4 members (excludes halogenated alkanes) is 2. The Morgan fingerprint density at radius 1 is 0.950 bits per heavy atom. The van der Waals surface area contributed by atoms with E-state index in [0.29, 0.717) is 22.6 Å². The second-order valence-electron chi connectivity index (χ2n) is 9.43. The van der Waals surface area contributed by atoms with Crippen LogP contribution in [-0.2, 0) is 16.0 Å². The van der Waals surface area contributed by atoms with Crippen molar-refractivity contribution in [1.29, 1.82) is 0 Å². The summed E-state index contributed by atoms with van der Waals surface area (Å²) in [6, 6.07) is 12.0. The number of alkyl halides is 5.